The van der Waals surface area contributed by atoms with Gasteiger partial charge in [0.05, 0.1) is 19.1 Å². The van der Waals surface area contributed by atoms with E-state index in [1.165, 1.54) is 0 Å². The zero-order chi connectivity index (χ0) is 11.1. The SMILES string of the molecule is COCC(C)Oc1ccc(CC#N)cc1. The van der Waals surface area contributed by atoms with Gasteiger partial charge in [0, 0.05) is 7.11 Å². The smallest absolute Gasteiger partial charge is 0.119 e. The molecule has 0 saturated carbocycles. The van der Waals surface area contributed by atoms with Crippen LogP contribution in [0.15, 0.2) is 24.3 Å². The summed E-state index contributed by atoms with van der Waals surface area (Å²) in [5.41, 5.74) is 1.00. The van der Waals surface area contributed by atoms with Gasteiger partial charge >= 0.3 is 0 Å². The minimum atomic E-state index is 0.0387. The summed E-state index contributed by atoms with van der Waals surface area (Å²) in [4.78, 5) is 0. The van der Waals surface area contributed by atoms with Crippen molar-refractivity contribution in [3.63, 3.8) is 0 Å². The fourth-order valence-electron chi connectivity index (χ4n) is 1.28. The first kappa shape index (κ1) is 11.5. The van der Waals surface area contributed by atoms with Crippen molar-refractivity contribution in [2.45, 2.75) is 19.4 Å². The van der Waals surface area contributed by atoms with Crippen LogP contribution in [-0.2, 0) is 11.2 Å². The van der Waals surface area contributed by atoms with Gasteiger partial charge in [-0.15, -0.1) is 0 Å². The molecule has 1 aromatic carbocycles. The quantitative estimate of drug-likeness (QED) is 0.739. The molecule has 0 aliphatic heterocycles. The van der Waals surface area contributed by atoms with Crippen LogP contribution in [-0.4, -0.2) is 19.8 Å². The molecule has 0 aliphatic rings. The van der Waals surface area contributed by atoms with E-state index < -0.39 is 0 Å². The highest BCUT2D eigenvalue weighted by Gasteiger charge is 2.02. The Labute approximate surface area is 90.2 Å². The third-order valence-corrected chi connectivity index (χ3v) is 1.95. The van der Waals surface area contributed by atoms with Gasteiger partial charge in [0.1, 0.15) is 11.9 Å². The van der Waals surface area contributed by atoms with Crippen LogP contribution in [0.25, 0.3) is 0 Å². The summed E-state index contributed by atoms with van der Waals surface area (Å²) >= 11 is 0. The number of hydrogen-bond donors (Lipinski definition) is 0. The Bertz CT molecular complexity index is 326. The number of hydrogen-bond acceptors (Lipinski definition) is 3. The van der Waals surface area contributed by atoms with Gasteiger partial charge in [-0.3, -0.25) is 0 Å². The molecule has 1 rings (SSSR count). The van der Waals surface area contributed by atoms with Crippen molar-refractivity contribution in [3.05, 3.63) is 29.8 Å². The Balaban J connectivity index is 2.53. The van der Waals surface area contributed by atoms with Crippen LogP contribution in [0.5, 0.6) is 5.75 Å². The molecule has 0 fully saturated rings. The van der Waals surface area contributed by atoms with Gasteiger partial charge in [-0.1, -0.05) is 12.1 Å². The molecule has 0 saturated heterocycles. The van der Waals surface area contributed by atoms with Crippen molar-refractivity contribution in [2.75, 3.05) is 13.7 Å². The average molecular weight is 205 g/mol. The minimum Gasteiger partial charge on any atom is -0.488 e. The van der Waals surface area contributed by atoms with Crippen LogP contribution in [0.4, 0.5) is 0 Å². The maximum Gasteiger partial charge on any atom is 0.119 e. The molecular formula is C12H15NO2. The Morgan fingerprint density at radius 3 is 2.53 bits per heavy atom. The van der Waals surface area contributed by atoms with Crippen molar-refractivity contribution in [1.29, 1.82) is 5.26 Å². The summed E-state index contributed by atoms with van der Waals surface area (Å²) in [6.45, 7) is 2.52. The lowest BCUT2D eigenvalue weighted by atomic mass is 10.2. The lowest BCUT2D eigenvalue weighted by molar-refractivity contribution is 0.0921. The topological polar surface area (TPSA) is 42.2 Å². The zero-order valence-electron chi connectivity index (χ0n) is 9.06. The van der Waals surface area contributed by atoms with Gasteiger partial charge < -0.3 is 9.47 Å². The van der Waals surface area contributed by atoms with Crippen molar-refractivity contribution >= 4 is 0 Å². The molecule has 15 heavy (non-hydrogen) atoms. The van der Waals surface area contributed by atoms with Crippen LogP contribution in [0, 0.1) is 11.3 Å². The first-order valence-electron chi connectivity index (χ1n) is 4.87. The maximum absolute atomic E-state index is 8.51. The Morgan fingerprint density at radius 1 is 1.33 bits per heavy atom. The molecule has 1 atom stereocenters. The number of rotatable bonds is 5. The van der Waals surface area contributed by atoms with Crippen molar-refractivity contribution < 1.29 is 9.47 Å². The van der Waals surface area contributed by atoms with Crippen LogP contribution in [0.1, 0.15) is 12.5 Å². The normalized spacial score (nSPS) is 11.8. The lowest BCUT2D eigenvalue weighted by Gasteiger charge is -2.13. The molecule has 3 nitrogen and oxygen atoms in total. The average Bonchev–Trinajstić information content (AvgIpc) is 2.22. The lowest BCUT2D eigenvalue weighted by Crippen LogP contribution is -2.17. The van der Waals surface area contributed by atoms with Gasteiger partial charge in [-0.2, -0.15) is 5.26 Å². The zero-order valence-corrected chi connectivity index (χ0v) is 9.06. The van der Waals surface area contributed by atoms with E-state index in [2.05, 4.69) is 6.07 Å². The van der Waals surface area contributed by atoms with E-state index >= 15 is 0 Å². The van der Waals surface area contributed by atoms with E-state index in [1.807, 2.05) is 31.2 Å². The van der Waals surface area contributed by atoms with Crippen LogP contribution >= 0.6 is 0 Å². The summed E-state index contributed by atoms with van der Waals surface area (Å²) in [5, 5.41) is 8.51. The van der Waals surface area contributed by atoms with E-state index in [0.717, 1.165) is 11.3 Å². The third-order valence-electron chi connectivity index (χ3n) is 1.95. The van der Waals surface area contributed by atoms with Crippen LogP contribution < -0.4 is 4.74 Å². The summed E-state index contributed by atoms with van der Waals surface area (Å²) in [7, 11) is 1.65. The largest absolute Gasteiger partial charge is 0.488 e. The van der Waals surface area contributed by atoms with Crippen molar-refractivity contribution in [3.8, 4) is 11.8 Å². The van der Waals surface area contributed by atoms with Gasteiger partial charge in [-0.25, -0.2) is 0 Å². The number of methoxy groups -OCH3 is 1. The predicted octanol–water partition coefficient (Wildman–Crippen LogP) is 2.17. The molecule has 0 spiro atoms. The monoisotopic (exact) mass is 205 g/mol. The molecule has 3 heteroatoms. The highest BCUT2D eigenvalue weighted by atomic mass is 16.5. The molecule has 0 N–H and O–H groups in total. The fourth-order valence-corrected chi connectivity index (χ4v) is 1.28. The van der Waals surface area contributed by atoms with Crippen LogP contribution in [0.3, 0.4) is 0 Å². The molecule has 0 aliphatic carbocycles. The first-order chi connectivity index (χ1) is 7.26. The molecule has 80 valence electrons. The second-order valence-corrected chi connectivity index (χ2v) is 3.36. The highest BCUT2D eigenvalue weighted by Crippen LogP contribution is 2.14. The molecule has 1 aromatic rings. The molecule has 0 amide bonds. The van der Waals surface area contributed by atoms with E-state index in [0.29, 0.717) is 13.0 Å². The Morgan fingerprint density at radius 2 is 2.00 bits per heavy atom. The summed E-state index contributed by atoms with van der Waals surface area (Å²) < 4.78 is 10.6. The van der Waals surface area contributed by atoms with Crippen molar-refractivity contribution in [2.24, 2.45) is 0 Å². The minimum absolute atomic E-state index is 0.0387. The predicted molar refractivity (Wildman–Crippen MR) is 57.7 cm³/mol. The van der Waals surface area contributed by atoms with Gasteiger partial charge in [0.2, 0.25) is 0 Å². The molecule has 0 heterocycles. The standard InChI is InChI=1S/C12H15NO2/c1-10(9-14-2)15-12-5-3-11(4-6-12)7-8-13/h3-6,10H,7,9H2,1-2H3. The molecule has 0 radical (unpaired) electrons. The molecule has 0 aromatic heterocycles. The van der Waals surface area contributed by atoms with Crippen LogP contribution in [0.2, 0.25) is 0 Å². The summed E-state index contributed by atoms with van der Waals surface area (Å²) in [5.74, 6) is 0.807. The second-order valence-electron chi connectivity index (χ2n) is 3.36. The second kappa shape index (κ2) is 6.05. The number of ether oxygens (including phenoxy) is 2. The first-order valence-corrected chi connectivity index (χ1v) is 4.87. The summed E-state index contributed by atoms with van der Waals surface area (Å²) in [6.07, 6.45) is 0.477. The van der Waals surface area contributed by atoms with E-state index in [1.54, 1.807) is 7.11 Å². The van der Waals surface area contributed by atoms with Crippen molar-refractivity contribution in [1.82, 2.24) is 0 Å². The number of nitrogens with zero attached hydrogens (tertiary/aromatic N) is 1. The maximum atomic E-state index is 8.51. The molecule has 0 bridgehead atoms. The molecular weight excluding hydrogens is 190 g/mol. The summed E-state index contributed by atoms with van der Waals surface area (Å²) in [6, 6.07) is 9.65. The van der Waals surface area contributed by atoms with E-state index in [9.17, 15) is 0 Å². The van der Waals surface area contributed by atoms with E-state index in [-0.39, 0.29) is 6.10 Å². The molecule has 1 unspecified atom stereocenters. The third kappa shape index (κ3) is 4.01. The Hall–Kier alpha value is -1.53. The van der Waals surface area contributed by atoms with Gasteiger partial charge in [0.25, 0.3) is 0 Å². The van der Waals surface area contributed by atoms with Gasteiger partial charge in [-0.05, 0) is 24.6 Å². The van der Waals surface area contributed by atoms with E-state index in [4.69, 9.17) is 14.7 Å². The fraction of sp³-hybridized carbons (Fsp3) is 0.417. The Kier molecular flexibility index (Phi) is 4.65. The number of benzene rings is 1. The number of nitriles is 1. The van der Waals surface area contributed by atoms with Gasteiger partial charge in [0.15, 0.2) is 0 Å². The highest BCUT2D eigenvalue weighted by molar-refractivity contribution is 5.28.